The third-order valence-electron chi connectivity index (χ3n) is 2.15. The summed E-state index contributed by atoms with van der Waals surface area (Å²) in [5.41, 5.74) is 4.83. The zero-order chi connectivity index (χ0) is 14.1. The van der Waals surface area contributed by atoms with Crippen LogP contribution in [-0.4, -0.2) is 39.2 Å². The van der Waals surface area contributed by atoms with Crippen molar-refractivity contribution in [1.29, 1.82) is 0 Å². The van der Waals surface area contributed by atoms with Crippen molar-refractivity contribution in [2.45, 2.75) is 32.3 Å². The molecule has 1 atom stereocenters. The summed E-state index contributed by atoms with van der Waals surface area (Å²) in [4.78, 5) is 26.7. The van der Waals surface area contributed by atoms with Gasteiger partial charge in [0.25, 0.3) is 0 Å². The molecule has 102 valence electrons. The lowest BCUT2D eigenvalue weighted by atomic mass is 9.98. The second-order valence-electron chi connectivity index (χ2n) is 3.07. The predicted octanol–water partition coefficient (Wildman–Crippen LogP) is 0.0581. The van der Waals surface area contributed by atoms with Crippen LogP contribution in [0.25, 0.3) is 0 Å². The van der Waals surface area contributed by atoms with Crippen molar-refractivity contribution in [2.75, 3.05) is 6.54 Å². The minimum atomic E-state index is -2.86. The normalized spacial score (nSPS) is 12.2. The molecule has 0 aromatic carbocycles. The van der Waals surface area contributed by atoms with Crippen LogP contribution >= 0.6 is 8.25 Å². The summed E-state index contributed by atoms with van der Waals surface area (Å²) in [6, 6.07) is 0. The first-order valence-electron chi connectivity index (χ1n) is 4.82. The van der Waals surface area contributed by atoms with Gasteiger partial charge >= 0.3 is 20.2 Å². The first-order valence-corrected chi connectivity index (χ1v) is 6.09. The minimum absolute atomic E-state index is 0.289. The third kappa shape index (κ3) is 8.82. The van der Waals surface area contributed by atoms with E-state index in [0.29, 0.717) is 12.8 Å². The fourth-order valence-electron chi connectivity index (χ4n) is 0.910. The van der Waals surface area contributed by atoms with Crippen molar-refractivity contribution >= 4 is 20.2 Å². The molecule has 0 aliphatic heterocycles. The van der Waals surface area contributed by atoms with Crippen molar-refractivity contribution in [3.63, 3.8) is 0 Å². The van der Waals surface area contributed by atoms with E-state index in [1.165, 1.54) is 0 Å². The van der Waals surface area contributed by atoms with Crippen molar-refractivity contribution in [3.8, 4) is 0 Å². The van der Waals surface area contributed by atoms with Crippen LogP contribution in [0, 0.1) is 0 Å². The lowest BCUT2D eigenvalue weighted by Crippen LogP contribution is -2.37. The van der Waals surface area contributed by atoms with E-state index >= 15 is 0 Å². The highest BCUT2D eigenvalue weighted by Crippen LogP contribution is 2.30. The lowest BCUT2D eigenvalue weighted by molar-refractivity contribution is -0.159. The summed E-state index contributed by atoms with van der Waals surface area (Å²) in [7, 11) is -2.86. The van der Waals surface area contributed by atoms with Crippen molar-refractivity contribution in [2.24, 2.45) is 5.73 Å². The maximum Gasteiger partial charge on any atom is 0.414 e. The zero-order valence-corrected chi connectivity index (χ0v) is 10.7. The minimum Gasteiger partial charge on any atom is -0.473 e. The van der Waals surface area contributed by atoms with E-state index in [4.69, 9.17) is 35.0 Å². The highest BCUT2D eigenvalue weighted by molar-refractivity contribution is 7.32. The number of carboxylic acid groups (broad SMARTS) is 2. The Morgan fingerprint density at radius 1 is 1.24 bits per heavy atom. The Kier molecular flexibility index (Phi) is 9.88. The van der Waals surface area contributed by atoms with E-state index in [1.807, 2.05) is 13.8 Å². The molecular weight excluding hydrogens is 253 g/mol. The number of aliphatic carboxylic acids is 2. The number of rotatable bonds is 5. The fourth-order valence-corrected chi connectivity index (χ4v) is 1.65. The van der Waals surface area contributed by atoms with Gasteiger partial charge in [0.05, 0.1) is 5.60 Å². The number of carboxylic acids is 2. The molecule has 9 heteroatoms. The molecular formula is C8H18NO7P. The van der Waals surface area contributed by atoms with Crippen LogP contribution in [0.5, 0.6) is 0 Å². The lowest BCUT2D eigenvalue weighted by Gasteiger charge is -2.28. The molecule has 0 aliphatic carbocycles. The molecule has 0 rings (SSSR count). The number of hydrogen-bond donors (Lipinski definition) is 4. The van der Waals surface area contributed by atoms with Gasteiger partial charge in [-0.3, -0.25) is 4.57 Å². The van der Waals surface area contributed by atoms with Crippen molar-refractivity contribution in [3.05, 3.63) is 0 Å². The van der Waals surface area contributed by atoms with Crippen molar-refractivity contribution < 1.29 is 33.8 Å². The second-order valence-corrected chi connectivity index (χ2v) is 3.81. The van der Waals surface area contributed by atoms with Crippen molar-refractivity contribution in [1.82, 2.24) is 0 Å². The molecule has 1 unspecified atom stereocenters. The van der Waals surface area contributed by atoms with E-state index < -0.39 is 25.8 Å². The summed E-state index contributed by atoms with van der Waals surface area (Å²) in [6.45, 7) is 4.07. The summed E-state index contributed by atoms with van der Waals surface area (Å²) in [5.74, 6) is -3.65. The Bertz CT molecular complexity index is 257. The van der Waals surface area contributed by atoms with Gasteiger partial charge in [-0.15, -0.1) is 0 Å². The predicted molar refractivity (Wildman–Crippen MR) is 59.9 cm³/mol. The Morgan fingerprint density at radius 3 is 1.65 bits per heavy atom. The largest absolute Gasteiger partial charge is 0.473 e. The molecule has 0 aromatic heterocycles. The van der Waals surface area contributed by atoms with E-state index in [9.17, 15) is 4.57 Å². The number of hydrogen-bond acceptors (Lipinski definition) is 5. The molecule has 0 saturated carbocycles. The van der Waals surface area contributed by atoms with Crippen LogP contribution in [0.15, 0.2) is 0 Å². The average molecular weight is 271 g/mol. The van der Waals surface area contributed by atoms with Crippen LogP contribution in [0.4, 0.5) is 0 Å². The Balaban J connectivity index is 0. The monoisotopic (exact) mass is 271 g/mol. The van der Waals surface area contributed by atoms with Crippen LogP contribution in [0.3, 0.4) is 0 Å². The Hall–Kier alpha value is -0.950. The third-order valence-corrected chi connectivity index (χ3v) is 2.76. The van der Waals surface area contributed by atoms with Crippen LogP contribution in [-0.2, 0) is 18.7 Å². The number of nitrogens with two attached hydrogens (primary N) is 1. The maximum absolute atomic E-state index is 10.4. The van der Waals surface area contributed by atoms with Gasteiger partial charge in [0.1, 0.15) is 0 Å². The van der Waals surface area contributed by atoms with Gasteiger partial charge in [-0.1, -0.05) is 13.8 Å². The second kappa shape index (κ2) is 9.12. The first-order chi connectivity index (χ1) is 7.74. The fraction of sp³-hybridized carbons (Fsp3) is 0.750. The molecule has 17 heavy (non-hydrogen) atoms. The van der Waals surface area contributed by atoms with E-state index in [-0.39, 0.29) is 6.54 Å². The molecule has 0 fully saturated rings. The van der Waals surface area contributed by atoms with Gasteiger partial charge in [-0.2, -0.15) is 0 Å². The highest BCUT2D eigenvalue weighted by atomic mass is 31.1. The maximum atomic E-state index is 10.4. The molecule has 0 bridgehead atoms. The standard InChI is InChI=1S/C6H16NO3P.C2H2O4/c1-3-6(4-2,5-7)10-11(8)9;3-1(4)2(5)6/h11H,3-5,7H2,1-2H3,(H,8,9);(H,3,4)(H,5,6). The Morgan fingerprint density at radius 2 is 1.59 bits per heavy atom. The molecule has 8 nitrogen and oxygen atoms in total. The molecule has 0 saturated heterocycles. The van der Waals surface area contributed by atoms with Gasteiger partial charge in [0, 0.05) is 6.54 Å². The zero-order valence-electron chi connectivity index (χ0n) is 9.67. The molecule has 0 spiro atoms. The van der Waals surface area contributed by atoms with Gasteiger partial charge in [-0.05, 0) is 12.8 Å². The SMILES string of the molecule is CCC(CC)(CN)O[PH](=O)O.O=C(O)C(=O)O. The van der Waals surface area contributed by atoms with Crippen LogP contribution in [0.1, 0.15) is 26.7 Å². The average Bonchev–Trinajstić information content (AvgIpc) is 2.26. The summed E-state index contributed by atoms with van der Waals surface area (Å²) in [6.07, 6.45) is 1.33. The topological polar surface area (TPSA) is 147 Å². The summed E-state index contributed by atoms with van der Waals surface area (Å²) < 4.78 is 15.3. The smallest absolute Gasteiger partial charge is 0.414 e. The van der Waals surface area contributed by atoms with E-state index in [0.717, 1.165) is 0 Å². The van der Waals surface area contributed by atoms with Gasteiger partial charge in [-0.25, -0.2) is 9.59 Å². The summed E-state index contributed by atoms with van der Waals surface area (Å²) >= 11 is 0. The van der Waals surface area contributed by atoms with Crippen LogP contribution in [0.2, 0.25) is 0 Å². The molecule has 0 aromatic rings. The molecule has 0 radical (unpaired) electrons. The van der Waals surface area contributed by atoms with Crippen LogP contribution < -0.4 is 5.73 Å². The quantitative estimate of drug-likeness (QED) is 0.405. The number of carbonyl (C=O) groups is 2. The Labute approximate surface area is 99.3 Å². The van der Waals surface area contributed by atoms with E-state index in [2.05, 4.69) is 0 Å². The molecule has 0 heterocycles. The molecule has 0 amide bonds. The van der Waals surface area contributed by atoms with E-state index in [1.54, 1.807) is 0 Å². The highest BCUT2D eigenvalue weighted by Gasteiger charge is 2.26. The summed E-state index contributed by atoms with van der Waals surface area (Å²) in [5, 5.41) is 14.8. The van der Waals surface area contributed by atoms with Gasteiger partial charge < -0.3 is 25.4 Å². The molecule has 0 aliphatic rings. The molecule has 5 N–H and O–H groups in total. The first kappa shape index (κ1) is 18.4. The van der Waals surface area contributed by atoms with Gasteiger partial charge in [0.2, 0.25) is 0 Å². The van der Waals surface area contributed by atoms with Gasteiger partial charge in [0.15, 0.2) is 0 Å².